The number of aromatic nitrogens is 1. The Hall–Kier alpha value is -3.09. The maximum atomic E-state index is 12.4. The van der Waals surface area contributed by atoms with E-state index in [1.165, 1.54) is 0 Å². The summed E-state index contributed by atoms with van der Waals surface area (Å²) >= 11 is 0. The predicted octanol–water partition coefficient (Wildman–Crippen LogP) is 1.94. The SMILES string of the molecule is CC(NC(=O)N1CCN(c2ccccc2)CC1)C(=O)Nc1cccnc1. The van der Waals surface area contributed by atoms with Crippen molar-refractivity contribution >= 4 is 23.3 Å². The van der Waals surface area contributed by atoms with Crippen LogP contribution < -0.4 is 15.5 Å². The van der Waals surface area contributed by atoms with Crippen LogP contribution in [0.4, 0.5) is 16.2 Å². The summed E-state index contributed by atoms with van der Waals surface area (Å²) in [4.78, 5) is 32.5. The summed E-state index contributed by atoms with van der Waals surface area (Å²) in [6.45, 7) is 4.46. The second-order valence-corrected chi connectivity index (χ2v) is 6.21. The molecule has 1 aliphatic rings. The fourth-order valence-electron chi connectivity index (χ4n) is 2.84. The Morgan fingerprint density at radius 1 is 1.04 bits per heavy atom. The first-order valence-corrected chi connectivity index (χ1v) is 8.70. The summed E-state index contributed by atoms with van der Waals surface area (Å²) in [5.41, 5.74) is 1.77. The van der Waals surface area contributed by atoms with Gasteiger partial charge in [-0.15, -0.1) is 0 Å². The summed E-state index contributed by atoms with van der Waals surface area (Å²) in [6, 6.07) is 12.8. The maximum Gasteiger partial charge on any atom is 0.318 e. The van der Waals surface area contributed by atoms with E-state index in [9.17, 15) is 9.59 Å². The van der Waals surface area contributed by atoms with E-state index in [0.29, 0.717) is 18.8 Å². The van der Waals surface area contributed by atoms with Gasteiger partial charge in [0.05, 0.1) is 11.9 Å². The minimum absolute atomic E-state index is 0.216. The number of anilines is 2. The second-order valence-electron chi connectivity index (χ2n) is 6.21. The number of nitrogens with one attached hydrogen (secondary N) is 2. The molecule has 0 radical (unpaired) electrons. The van der Waals surface area contributed by atoms with Crippen LogP contribution in [0.1, 0.15) is 6.92 Å². The van der Waals surface area contributed by atoms with Crippen molar-refractivity contribution in [3.8, 4) is 0 Å². The summed E-state index contributed by atoms with van der Waals surface area (Å²) in [5, 5.41) is 5.50. The number of amides is 3. The molecule has 2 heterocycles. The van der Waals surface area contributed by atoms with E-state index in [4.69, 9.17) is 0 Å². The van der Waals surface area contributed by atoms with Crippen molar-refractivity contribution < 1.29 is 9.59 Å². The number of para-hydroxylation sites is 1. The molecular formula is C19H23N5O2. The highest BCUT2D eigenvalue weighted by Crippen LogP contribution is 2.15. The van der Waals surface area contributed by atoms with Crippen LogP contribution in [0.3, 0.4) is 0 Å². The van der Waals surface area contributed by atoms with Crippen molar-refractivity contribution in [2.75, 3.05) is 36.4 Å². The summed E-state index contributed by atoms with van der Waals surface area (Å²) in [5.74, 6) is -0.269. The number of benzene rings is 1. The molecule has 1 fully saturated rings. The lowest BCUT2D eigenvalue weighted by Crippen LogP contribution is -2.54. The molecule has 3 rings (SSSR count). The van der Waals surface area contributed by atoms with Gasteiger partial charge in [0.15, 0.2) is 0 Å². The lowest BCUT2D eigenvalue weighted by molar-refractivity contribution is -0.117. The molecule has 1 saturated heterocycles. The van der Waals surface area contributed by atoms with E-state index in [2.05, 4.69) is 32.7 Å². The molecule has 0 saturated carbocycles. The zero-order valence-corrected chi connectivity index (χ0v) is 14.8. The van der Waals surface area contributed by atoms with E-state index in [0.717, 1.165) is 18.8 Å². The smallest absolute Gasteiger partial charge is 0.318 e. The van der Waals surface area contributed by atoms with Crippen LogP contribution in [0, 0.1) is 0 Å². The van der Waals surface area contributed by atoms with Gasteiger partial charge in [-0.1, -0.05) is 18.2 Å². The number of pyridine rings is 1. The molecule has 7 heteroatoms. The first-order valence-electron chi connectivity index (χ1n) is 8.70. The second kappa shape index (κ2) is 8.33. The molecule has 1 aliphatic heterocycles. The largest absolute Gasteiger partial charge is 0.368 e. The van der Waals surface area contributed by atoms with Gasteiger partial charge < -0.3 is 20.4 Å². The number of hydrogen-bond acceptors (Lipinski definition) is 4. The number of carbonyl (C=O) groups is 2. The van der Waals surface area contributed by atoms with Crippen LogP contribution in [0.5, 0.6) is 0 Å². The van der Waals surface area contributed by atoms with E-state index in [1.807, 2.05) is 18.2 Å². The van der Waals surface area contributed by atoms with Crippen LogP contribution in [-0.2, 0) is 4.79 Å². The molecule has 3 amide bonds. The number of urea groups is 1. The van der Waals surface area contributed by atoms with Crippen LogP contribution in [0.15, 0.2) is 54.9 Å². The van der Waals surface area contributed by atoms with Crippen LogP contribution >= 0.6 is 0 Å². The van der Waals surface area contributed by atoms with Crippen LogP contribution in [0.2, 0.25) is 0 Å². The molecule has 2 N–H and O–H groups in total. The van der Waals surface area contributed by atoms with Gasteiger partial charge >= 0.3 is 6.03 Å². The average molecular weight is 353 g/mol. The van der Waals surface area contributed by atoms with Crippen molar-refractivity contribution in [1.82, 2.24) is 15.2 Å². The Bertz CT molecular complexity index is 730. The number of piperazine rings is 1. The first kappa shape index (κ1) is 17.7. The summed E-state index contributed by atoms with van der Waals surface area (Å²) in [7, 11) is 0. The molecule has 1 unspecified atom stereocenters. The Labute approximate surface area is 153 Å². The standard InChI is InChI=1S/C19H23N5O2/c1-15(18(25)22-16-6-5-9-20-14-16)21-19(26)24-12-10-23(11-13-24)17-7-3-2-4-8-17/h2-9,14-15H,10-13H2,1H3,(H,21,26)(H,22,25). The molecule has 2 aromatic rings. The molecule has 0 aliphatic carbocycles. The quantitative estimate of drug-likeness (QED) is 0.881. The highest BCUT2D eigenvalue weighted by atomic mass is 16.2. The molecule has 1 aromatic heterocycles. The van der Waals surface area contributed by atoms with E-state index >= 15 is 0 Å². The van der Waals surface area contributed by atoms with Gasteiger partial charge in [-0.05, 0) is 31.2 Å². The van der Waals surface area contributed by atoms with Gasteiger partial charge in [0.2, 0.25) is 5.91 Å². The summed E-state index contributed by atoms with van der Waals surface area (Å²) < 4.78 is 0. The minimum atomic E-state index is -0.630. The zero-order valence-electron chi connectivity index (χ0n) is 14.8. The van der Waals surface area contributed by atoms with E-state index in [1.54, 1.807) is 36.4 Å². The monoisotopic (exact) mass is 353 g/mol. The van der Waals surface area contributed by atoms with E-state index < -0.39 is 6.04 Å². The number of carbonyl (C=O) groups excluding carboxylic acids is 2. The molecule has 26 heavy (non-hydrogen) atoms. The van der Waals surface area contributed by atoms with E-state index in [-0.39, 0.29) is 11.9 Å². The molecule has 7 nitrogen and oxygen atoms in total. The fraction of sp³-hybridized carbons (Fsp3) is 0.316. The fourth-order valence-corrected chi connectivity index (χ4v) is 2.84. The molecule has 1 aromatic carbocycles. The normalized spacial score (nSPS) is 15.3. The van der Waals surface area contributed by atoms with Gasteiger partial charge in [0.1, 0.15) is 6.04 Å². The van der Waals surface area contributed by atoms with Crippen LogP contribution in [-0.4, -0.2) is 54.0 Å². The van der Waals surface area contributed by atoms with Gasteiger partial charge in [0.25, 0.3) is 0 Å². The van der Waals surface area contributed by atoms with Gasteiger partial charge in [-0.2, -0.15) is 0 Å². The lowest BCUT2D eigenvalue weighted by atomic mass is 10.2. The third kappa shape index (κ3) is 4.50. The van der Waals surface area contributed by atoms with Crippen molar-refractivity contribution in [2.45, 2.75) is 13.0 Å². The van der Waals surface area contributed by atoms with Crippen LogP contribution in [0.25, 0.3) is 0 Å². The molecule has 0 spiro atoms. The molecule has 0 bridgehead atoms. The average Bonchev–Trinajstić information content (AvgIpc) is 2.69. The number of nitrogens with zero attached hydrogens (tertiary/aromatic N) is 3. The Morgan fingerprint density at radius 3 is 2.42 bits per heavy atom. The number of rotatable bonds is 4. The zero-order chi connectivity index (χ0) is 18.4. The Balaban J connectivity index is 1.47. The number of hydrogen-bond donors (Lipinski definition) is 2. The third-order valence-electron chi connectivity index (χ3n) is 4.35. The summed E-state index contributed by atoms with van der Waals surface area (Å²) in [6.07, 6.45) is 3.20. The first-order chi connectivity index (χ1) is 12.6. The minimum Gasteiger partial charge on any atom is -0.368 e. The van der Waals surface area contributed by atoms with Gasteiger partial charge in [0, 0.05) is 38.1 Å². The molecule has 1 atom stereocenters. The highest BCUT2D eigenvalue weighted by molar-refractivity contribution is 5.96. The molecular weight excluding hydrogens is 330 g/mol. The maximum absolute atomic E-state index is 12.4. The van der Waals surface area contributed by atoms with Crippen molar-refractivity contribution in [2.24, 2.45) is 0 Å². The Kier molecular flexibility index (Phi) is 5.68. The lowest BCUT2D eigenvalue weighted by Gasteiger charge is -2.36. The Morgan fingerprint density at radius 2 is 1.77 bits per heavy atom. The predicted molar refractivity (Wildman–Crippen MR) is 101 cm³/mol. The highest BCUT2D eigenvalue weighted by Gasteiger charge is 2.24. The van der Waals surface area contributed by atoms with Gasteiger partial charge in [-0.25, -0.2) is 4.79 Å². The third-order valence-corrected chi connectivity index (χ3v) is 4.35. The molecule has 136 valence electrons. The van der Waals surface area contributed by atoms with Gasteiger partial charge in [-0.3, -0.25) is 9.78 Å². The van der Waals surface area contributed by atoms with Crippen molar-refractivity contribution in [3.63, 3.8) is 0 Å². The van der Waals surface area contributed by atoms with Crippen molar-refractivity contribution in [1.29, 1.82) is 0 Å². The topological polar surface area (TPSA) is 77.6 Å². The van der Waals surface area contributed by atoms with Crippen molar-refractivity contribution in [3.05, 3.63) is 54.9 Å².